The number of nitrogens with one attached hydrogen (secondary N) is 2. The highest BCUT2D eigenvalue weighted by molar-refractivity contribution is 6.02. The largest absolute Gasteiger partial charge is 0.354 e. The van der Waals surface area contributed by atoms with Crippen molar-refractivity contribution in [3.8, 4) is 0 Å². The summed E-state index contributed by atoms with van der Waals surface area (Å²) in [4.78, 5) is 27.7. The Morgan fingerprint density at radius 2 is 1.72 bits per heavy atom. The third-order valence-electron chi connectivity index (χ3n) is 5.37. The minimum absolute atomic E-state index is 0.0773. The molecule has 3 aromatic carbocycles. The molecule has 1 aliphatic rings. The molecule has 3 aromatic rings. The van der Waals surface area contributed by atoms with Crippen LogP contribution in [0.15, 0.2) is 72.8 Å². The minimum Gasteiger partial charge on any atom is -0.354 e. The summed E-state index contributed by atoms with van der Waals surface area (Å²) in [6.45, 7) is 1.05. The number of urea groups is 1. The molecule has 0 aliphatic carbocycles. The summed E-state index contributed by atoms with van der Waals surface area (Å²) >= 11 is 0. The van der Waals surface area contributed by atoms with Crippen LogP contribution < -0.4 is 10.6 Å². The molecule has 4 rings (SSSR count). The second-order valence-corrected chi connectivity index (χ2v) is 7.37. The molecular weight excluding hydrogens is 362 g/mol. The van der Waals surface area contributed by atoms with Crippen LogP contribution in [0.4, 0.5) is 10.5 Å². The lowest BCUT2D eigenvalue weighted by Crippen LogP contribution is -2.49. The van der Waals surface area contributed by atoms with E-state index in [0.717, 1.165) is 34.9 Å². The van der Waals surface area contributed by atoms with Gasteiger partial charge >= 0.3 is 6.03 Å². The molecule has 29 heavy (non-hydrogen) atoms. The Balaban J connectivity index is 1.64. The normalized spacial score (nSPS) is 16.7. The smallest absolute Gasteiger partial charge is 0.322 e. The predicted molar refractivity (Wildman–Crippen MR) is 116 cm³/mol. The molecule has 1 heterocycles. The summed E-state index contributed by atoms with van der Waals surface area (Å²) in [7, 11) is 0. The first kappa shape index (κ1) is 19.0. The fourth-order valence-electron chi connectivity index (χ4n) is 3.85. The number of anilines is 1. The van der Waals surface area contributed by atoms with Gasteiger partial charge in [-0.2, -0.15) is 0 Å². The van der Waals surface area contributed by atoms with Crippen molar-refractivity contribution in [3.63, 3.8) is 0 Å². The van der Waals surface area contributed by atoms with Crippen molar-refractivity contribution in [2.75, 3.05) is 11.9 Å². The Morgan fingerprint density at radius 1 is 0.966 bits per heavy atom. The van der Waals surface area contributed by atoms with Crippen LogP contribution in [0.3, 0.4) is 0 Å². The van der Waals surface area contributed by atoms with Gasteiger partial charge < -0.3 is 15.5 Å². The number of nitrogens with zero attached hydrogens (tertiary/aromatic N) is 1. The molecule has 5 heteroatoms. The van der Waals surface area contributed by atoms with Gasteiger partial charge in [0.2, 0.25) is 5.91 Å². The molecule has 2 N–H and O–H groups in total. The number of amides is 3. The van der Waals surface area contributed by atoms with Crippen molar-refractivity contribution in [2.45, 2.75) is 31.8 Å². The van der Waals surface area contributed by atoms with Crippen molar-refractivity contribution in [2.24, 2.45) is 0 Å². The van der Waals surface area contributed by atoms with E-state index in [1.54, 1.807) is 4.90 Å². The molecular formula is C24H25N3O2. The van der Waals surface area contributed by atoms with E-state index in [2.05, 4.69) is 10.6 Å². The molecule has 1 saturated heterocycles. The van der Waals surface area contributed by atoms with E-state index in [-0.39, 0.29) is 11.9 Å². The molecule has 0 radical (unpaired) electrons. The summed E-state index contributed by atoms with van der Waals surface area (Å²) in [6.07, 6.45) is 2.52. The zero-order valence-corrected chi connectivity index (χ0v) is 16.3. The van der Waals surface area contributed by atoms with Gasteiger partial charge in [0.1, 0.15) is 6.04 Å². The first-order valence-corrected chi connectivity index (χ1v) is 10.1. The van der Waals surface area contributed by atoms with Gasteiger partial charge in [-0.3, -0.25) is 4.79 Å². The summed E-state index contributed by atoms with van der Waals surface area (Å²) in [6, 6.07) is 22.9. The Morgan fingerprint density at radius 3 is 2.59 bits per heavy atom. The van der Waals surface area contributed by atoms with Crippen LogP contribution in [-0.2, 0) is 11.3 Å². The molecule has 0 saturated carbocycles. The van der Waals surface area contributed by atoms with Gasteiger partial charge in [-0.1, -0.05) is 66.7 Å². The predicted octanol–water partition coefficient (Wildman–Crippen LogP) is 4.54. The van der Waals surface area contributed by atoms with Crippen LogP contribution in [0, 0.1) is 0 Å². The highest BCUT2D eigenvalue weighted by Gasteiger charge is 2.31. The average molecular weight is 387 g/mol. The number of hydrogen-bond acceptors (Lipinski definition) is 2. The number of hydrogen-bond donors (Lipinski definition) is 2. The van der Waals surface area contributed by atoms with Crippen LogP contribution in [0.25, 0.3) is 10.8 Å². The van der Waals surface area contributed by atoms with E-state index in [1.807, 2.05) is 72.8 Å². The van der Waals surface area contributed by atoms with Crippen molar-refractivity contribution in [1.82, 2.24) is 10.2 Å². The van der Waals surface area contributed by atoms with E-state index < -0.39 is 6.04 Å². The SMILES string of the molecule is O=C1NCCCCC1N(Cc1ccccc1)C(=O)Nc1cccc2ccccc12. The van der Waals surface area contributed by atoms with Crippen molar-refractivity contribution in [3.05, 3.63) is 78.4 Å². The van der Waals surface area contributed by atoms with E-state index in [4.69, 9.17) is 0 Å². The maximum atomic E-state index is 13.4. The van der Waals surface area contributed by atoms with Crippen molar-refractivity contribution in [1.29, 1.82) is 0 Å². The second kappa shape index (κ2) is 8.78. The van der Waals surface area contributed by atoms with E-state index in [0.29, 0.717) is 19.5 Å². The second-order valence-electron chi connectivity index (χ2n) is 7.37. The van der Waals surface area contributed by atoms with E-state index in [9.17, 15) is 9.59 Å². The fraction of sp³-hybridized carbons (Fsp3) is 0.250. The molecule has 1 unspecified atom stereocenters. The van der Waals surface area contributed by atoms with Gasteiger partial charge in [-0.05, 0) is 36.3 Å². The zero-order valence-electron chi connectivity index (χ0n) is 16.3. The standard InChI is InChI=1S/C24H25N3O2/c28-23-22(15-6-7-16-25-23)27(17-18-9-2-1-3-10-18)24(29)26-21-14-8-12-19-11-4-5-13-20(19)21/h1-5,8-14,22H,6-7,15-17H2,(H,25,28)(H,26,29). The Labute approximate surface area is 170 Å². The summed E-state index contributed by atoms with van der Waals surface area (Å²) in [5.41, 5.74) is 1.75. The van der Waals surface area contributed by atoms with Gasteiger partial charge in [0.25, 0.3) is 0 Å². The zero-order chi connectivity index (χ0) is 20.1. The molecule has 1 aliphatic heterocycles. The molecule has 0 spiro atoms. The van der Waals surface area contributed by atoms with E-state index in [1.165, 1.54) is 0 Å². The molecule has 0 aromatic heterocycles. The quantitative estimate of drug-likeness (QED) is 0.690. The molecule has 5 nitrogen and oxygen atoms in total. The average Bonchev–Trinajstić information content (AvgIpc) is 2.97. The number of benzene rings is 3. The van der Waals surface area contributed by atoms with Gasteiger partial charge in [0.05, 0.1) is 5.69 Å². The van der Waals surface area contributed by atoms with Crippen LogP contribution in [0.5, 0.6) is 0 Å². The number of fused-ring (bicyclic) bond motifs is 1. The van der Waals surface area contributed by atoms with Crippen molar-refractivity contribution >= 4 is 28.4 Å². The van der Waals surface area contributed by atoms with Crippen LogP contribution in [-0.4, -0.2) is 29.4 Å². The Kier molecular flexibility index (Phi) is 5.75. The van der Waals surface area contributed by atoms with Gasteiger partial charge in [-0.25, -0.2) is 4.79 Å². The number of carbonyl (C=O) groups is 2. The lowest BCUT2D eigenvalue weighted by atomic mass is 10.1. The lowest BCUT2D eigenvalue weighted by Gasteiger charge is -2.30. The topological polar surface area (TPSA) is 61.4 Å². The van der Waals surface area contributed by atoms with Crippen LogP contribution in [0.1, 0.15) is 24.8 Å². The van der Waals surface area contributed by atoms with Gasteiger partial charge in [0, 0.05) is 18.5 Å². The Bertz CT molecular complexity index is 998. The van der Waals surface area contributed by atoms with Crippen molar-refractivity contribution < 1.29 is 9.59 Å². The van der Waals surface area contributed by atoms with Crippen LogP contribution >= 0.6 is 0 Å². The third-order valence-corrected chi connectivity index (χ3v) is 5.37. The minimum atomic E-state index is -0.479. The number of rotatable bonds is 4. The van der Waals surface area contributed by atoms with Crippen LogP contribution in [0.2, 0.25) is 0 Å². The molecule has 148 valence electrons. The molecule has 1 fully saturated rings. The fourth-order valence-corrected chi connectivity index (χ4v) is 3.85. The highest BCUT2D eigenvalue weighted by atomic mass is 16.2. The van der Waals surface area contributed by atoms with Gasteiger partial charge in [-0.15, -0.1) is 0 Å². The summed E-state index contributed by atoms with van der Waals surface area (Å²) in [5, 5.41) is 8.04. The van der Waals surface area contributed by atoms with Gasteiger partial charge in [0.15, 0.2) is 0 Å². The number of carbonyl (C=O) groups excluding carboxylic acids is 2. The first-order valence-electron chi connectivity index (χ1n) is 10.1. The third kappa shape index (κ3) is 4.40. The molecule has 1 atom stereocenters. The Hall–Kier alpha value is -3.34. The lowest BCUT2D eigenvalue weighted by molar-refractivity contribution is -0.125. The maximum Gasteiger partial charge on any atom is 0.322 e. The first-order chi connectivity index (χ1) is 14.2. The molecule has 3 amide bonds. The highest BCUT2D eigenvalue weighted by Crippen LogP contribution is 2.24. The molecule has 0 bridgehead atoms. The summed E-state index contributed by atoms with van der Waals surface area (Å²) < 4.78 is 0. The van der Waals surface area contributed by atoms with E-state index >= 15 is 0 Å². The summed E-state index contributed by atoms with van der Waals surface area (Å²) in [5.74, 6) is -0.0773. The maximum absolute atomic E-state index is 13.4. The monoisotopic (exact) mass is 387 g/mol.